The van der Waals surface area contributed by atoms with Gasteiger partial charge in [-0.1, -0.05) is 0 Å². The Labute approximate surface area is 105 Å². The van der Waals surface area contributed by atoms with Crippen LogP contribution in [0.2, 0.25) is 0 Å². The van der Waals surface area contributed by atoms with E-state index in [1.807, 2.05) is 0 Å². The number of hydrogen-bond acceptors (Lipinski definition) is 3. The van der Waals surface area contributed by atoms with Crippen LogP contribution in [0.25, 0.3) is 5.82 Å². The first kappa shape index (κ1) is 13.2. The number of imidazole rings is 1. The molecule has 1 N–H and O–H groups in total. The van der Waals surface area contributed by atoms with E-state index in [9.17, 15) is 23.1 Å². The molecule has 0 fully saturated rings. The maximum Gasteiger partial charge on any atom is 0.433 e. The molecule has 0 atom stereocenters. The lowest BCUT2D eigenvalue weighted by Gasteiger charge is -2.04. The van der Waals surface area contributed by atoms with Crippen LogP contribution >= 0.6 is 0 Å². The topological polar surface area (TPSA) is 65.0 Å². The summed E-state index contributed by atoms with van der Waals surface area (Å²) < 4.78 is 40.4. The lowest BCUT2D eigenvalue weighted by atomic mass is 10.4. The highest BCUT2D eigenvalue weighted by Gasteiger charge is 2.35. The smallest absolute Gasteiger partial charge is 0.433 e. The summed E-state index contributed by atoms with van der Waals surface area (Å²) in [6.07, 6.45) is -4.58. The highest BCUT2D eigenvalue weighted by atomic mass is 19.4. The van der Waals surface area contributed by atoms with Crippen LogP contribution in [-0.4, -0.2) is 24.0 Å². The van der Waals surface area contributed by atoms with Gasteiger partial charge in [-0.3, -0.25) is 9.25 Å². The standard InChI is InChI=1S/C10H11F3N4O2/c1-5-8(18)17(9(19)15(5)2)7-4-6(10(11,12)13)16(3)14-7/h4,18H,1-3H3. The molecule has 104 valence electrons. The first-order chi connectivity index (χ1) is 8.64. The fourth-order valence-corrected chi connectivity index (χ4v) is 1.73. The quantitative estimate of drug-likeness (QED) is 0.843. The van der Waals surface area contributed by atoms with Crippen molar-refractivity contribution in [2.24, 2.45) is 14.1 Å². The van der Waals surface area contributed by atoms with Crippen LogP contribution in [0.4, 0.5) is 13.2 Å². The summed E-state index contributed by atoms with van der Waals surface area (Å²) in [5, 5.41) is 13.4. The van der Waals surface area contributed by atoms with Crippen LogP contribution in [0, 0.1) is 6.92 Å². The van der Waals surface area contributed by atoms with E-state index in [1.54, 1.807) is 0 Å². The second-order valence-corrected chi connectivity index (χ2v) is 4.10. The molecule has 0 amide bonds. The molecule has 19 heavy (non-hydrogen) atoms. The fraction of sp³-hybridized carbons (Fsp3) is 0.400. The number of alkyl halides is 3. The van der Waals surface area contributed by atoms with Gasteiger partial charge < -0.3 is 5.11 Å². The first-order valence-corrected chi connectivity index (χ1v) is 5.23. The number of hydrogen-bond donors (Lipinski definition) is 1. The van der Waals surface area contributed by atoms with Crippen molar-refractivity contribution in [1.29, 1.82) is 0 Å². The molecule has 2 aromatic heterocycles. The number of rotatable bonds is 1. The molecule has 2 heterocycles. The normalized spacial score (nSPS) is 12.1. The van der Waals surface area contributed by atoms with E-state index < -0.39 is 23.4 Å². The van der Waals surface area contributed by atoms with Crippen molar-refractivity contribution in [2.75, 3.05) is 0 Å². The van der Waals surface area contributed by atoms with Crippen LogP contribution < -0.4 is 5.69 Å². The van der Waals surface area contributed by atoms with Crippen LogP contribution in [-0.2, 0) is 20.3 Å². The van der Waals surface area contributed by atoms with E-state index in [-0.39, 0.29) is 11.5 Å². The minimum atomic E-state index is -4.58. The highest BCUT2D eigenvalue weighted by Crippen LogP contribution is 2.30. The monoisotopic (exact) mass is 276 g/mol. The summed E-state index contributed by atoms with van der Waals surface area (Å²) in [4.78, 5) is 11.8. The molecule has 0 aromatic carbocycles. The van der Waals surface area contributed by atoms with E-state index >= 15 is 0 Å². The van der Waals surface area contributed by atoms with Crippen LogP contribution in [0.15, 0.2) is 10.9 Å². The van der Waals surface area contributed by atoms with Gasteiger partial charge in [0.05, 0.1) is 5.69 Å². The Kier molecular flexibility index (Phi) is 2.72. The zero-order valence-corrected chi connectivity index (χ0v) is 10.4. The minimum absolute atomic E-state index is 0.240. The molecule has 2 aromatic rings. The molecule has 0 saturated carbocycles. The molecule has 0 aliphatic carbocycles. The molecule has 2 rings (SSSR count). The third-order valence-corrected chi connectivity index (χ3v) is 2.90. The third-order valence-electron chi connectivity index (χ3n) is 2.90. The predicted molar refractivity (Wildman–Crippen MR) is 59.2 cm³/mol. The van der Waals surface area contributed by atoms with Gasteiger partial charge in [0.15, 0.2) is 5.82 Å². The minimum Gasteiger partial charge on any atom is -0.493 e. The van der Waals surface area contributed by atoms with Crippen molar-refractivity contribution in [3.8, 4) is 11.7 Å². The Hall–Kier alpha value is -2.19. The van der Waals surface area contributed by atoms with Crippen molar-refractivity contribution in [3.05, 3.63) is 27.9 Å². The Morgan fingerprint density at radius 1 is 1.32 bits per heavy atom. The summed E-state index contributed by atoms with van der Waals surface area (Å²) in [5.74, 6) is -0.708. The van der Waals surface area contributed by atoms with Crippen molar-refractivity contribution in [3.63, 3.8) is 0 Å². The van der Waals surface area contributed by atoms with Crippen molar-refractivity contribution in [2.45, 2.75) is 13.1 Å². The number of aromatic nitrogens is 4. The average Bonchev–Trinajstić information content (AvgIpc) is 2.75. The van der Waals surface area contributed by atoms with Crippen molar-refractivity contribution >= 4 is 0 Å². The molecular formula is C10H11F3N4O2. The zero-order chi connectivity index (χ0) is 14.5. The number of halogens is 3. The Bertz CT molecular complexity index is 693. The van der Waals surface area contributed by atoms with Gasteiger partial charge in [0.2, 0.25) is 5.88 Å². The van der Waals surface area contributed by atoms with E-state index in [0.29, 0.717) is 10.7 Å². The summed E-state index contributed by atoms with van der Waals surface area (Å²) >= 11 is 0. The molecule has 9 heteroatoms. The Balaban J connectivity index is 2.69. The van der Waals surface area contributed by atoms with Gasteiger partial charge in [-0.25, -0.2) is 9.36 Å². The van der Waals surface area contributed by atoms with E-state index in [0.717, 1.165) is 16.2 Å². The van der Waals surface area contributed by atoms with E-state index in [1.165, 1.54) is 14.0 Å². The molecule has 0 aliphatic rings. The van der Waals surface area contributed by atoms with Gasteiger partial charge in [-0.05, 0) is 6.92 Å². The second-order valence-electron chi connectivity index (χ2n) is 4.10. The van der Waals surface area contributed by atoms with Gasteiger partial charge in [-0.15, -0.1) is 0 Å². The van der Waals surface area contributed by atoms with E-state index in [4.69, 9.17) is 0 Å². The molecule has 6 nitrogen and oxygen atoms in total. The lowest BCUT2D eigenvalue weighted by molar-refractivity contribution is -0.143. The van der Waals surface area contributed by atoms with Gasteiger partial charge >= 0.3 is 11.9 Å². The lowest BCUT2D eigenvalue weighted by Crippen LogP contribution is -2.21. The predicted octanol–water partition coefficient (Wildman–Crippen LogP) is 0.942. The van der Waals surface area contributed by atoms with Crippen molar-refractivity contribution in [1.82, 2.24) is 18.9 Å². The van der Waals surface area contributed by atoms with Gasteiger partial charge in [0, 0.05) is 20.2 Å². The molecule has 0 spiro atoms. The fourth-order valence-electron chi connectivity index (χ4n) is 1.73. The number of aromatic hydroxyl groups is 1. The Morgan fingerprint density at radius 2 is 1.89 bits per heavy atom. The van der Waals surface area contributed by atoms with Gasteiger partial charge in [0.1, 0.15) is 5.69 Å². The van der Waals surface area contributed by atoms with Crippen LogP contribution in [0.3, 0.4) is 0 Å². The molecule has 0 aliphatic heterocycles. The highest BCUT2D eigenvalue weighted by molar-refractivity contribution is 5.34. The maximum atomic E-state index is 12.6. The zero-order valence-electron chi connectivity index (χ0n) is 10.4. The number of nitrogens with zero attached hydrogens (tertiary/aromatic N) is 4. The molecule has 0 bridgehead atoms. The number of aryl methyl sites for hydroxylation is 1. The average molecular weight is 276 g/mol. The maximum absolute atomic E-state index is 12.6. The van der Waals surface area contributed by atoms with Crippen LogP contribution in [0.5, 0.6) is 5.88 Å². The summed E-state index contributed by atoms with van der Waals surface area (Å²) in [5.41, 5.74) is -1.43. The Morgan fingerprint density at radius 3 is 2.26 bits per heavy atom. The van der Waals surface area contributed by atoms with Gasteiger partial charge in [-0.2, -0.15) is 18.3 Å². The first-order valence-electron chi connectivity index (χ1n) is 5.23. The summed E-state index contributed by atoms with van der Waals surface area (Å²) in [6, 6.07) is 0.709. The molecular weight excluding hydrogens is 265 g/mol. The van der Waals surface area contributed by atoms with Gasteiger partial charge in [0.25, 0.3) is 0 Å². The van der Waals surface area contributed by atoms with Crippen molar-refractivity contribution < 1.29 is 18.3 Å². The molecule has 0 unspecified atom stereocenters. The third kappa shape index (κ3) is 1.90. The molecule has 0 saturated heterocycles. The second kappa shape index (κ2) is 3.90. The largest absolute Gasteiger partial charge is 0.493 e. The SMILES string of the molecule is Cc1c(O)n(-c2cc(C(F)(F)F)n(C)n2)c(=O)n1C. The van der Waals surface area contributed by atoms with E-state index in [2.05, 4.69) is 5.10 Å². The summed E-state index contributed by atoms with van der Waals surface area (Å²) in [6.45, 7) is 1.47. The summed E-state index contributed by atoms with van der Waals surface area (Å²) in [7, 11) is 2.52. The molecule has 0 radical (unpaired) electrons. The van der Waals surface area contributed by atoms with Crippen LogP contribution in [0.1, 0.15) is 11.4 Å².